The minimum absolute atomic E-state index is 0.367. The molecule has 0 saturated heterocycles. The Hall–Kier alpha value is -2.30. The average molecular weight is 230 g/mol. The largest absolute Gasteiger partial charge is 0.398 e. The summed E-state index contributed by atoms with van der Waals surface area (Å²) in [7, 11) is 1.85. The molecule has 1 amide bonds. The summed E-state index contributed by atoms with van der Waals surface area (Å²) in [6.45, 7) is 0. The van der Waals surface area contributed by atoms with Gasteiger partial charge in [-0.2, -0.15) is 5.10 Å². The third kappa shape index (κ3) is 2.28. The number of primary amides is 1. The number of para-hydroxylation sites is 1. The van der Waals surface area contributed by atoms with E-state index in [9.17, 15) is 4.79 Å². The summed E-state index contributed by atoms with van der Waals surface area (Å²) in [6, 6.07) is 5.29. The number of aryl methyl sites for hydroxylation is 1. The van der Waals surface area contributed by atoms with Gasteiger partial charge in [0.25, 0.3) is 5.91 Å². The Balaban J connectivity index is 2.33. The summed E-state index contributed by atoms with van der Waals surface area (Å²) in [4.78, 5) is 11.2. The molecule has 0 aliphatic rings. The van der Waals surface area contributed by atoms with Crippen molar-refractivity contribution in [2.75, 3.05) is 5.73 Å². The molecule has 0 saturated carbocycles. The summed E-state index contributed by atoms with van der Waals surface area (Å²) >= 11 is 0. The lowest BCUT2D eigenvalue weighted by Gasteiger charge is -2.07. The Kier molecular flexibility index (Phi) is 2.82. The van der Waals surface area contributed by atoms with Gasteiger partial charge >= 0.3 is 0 Å². The van der Waals surface area contributed by atoms with Gasteiger partial charge < -0.3 is 11.5 Å². The molecule has 17 heavy (non-hydrogen) atoms. The molecule has 0 radical (unpaired) electrons. The Morgan fingerprint density at radius 1 is 1.47 bits per heavy atom. The van der Waals surface area contributed by atoms with E-state index in [1.54, 1.807) is 23.0 Å². The van der Waals surface area contributed by atoms with E-state index < -0.39 is 5.91 Å². The quantitative estimate of drug-likeness (QED) is 0.760. The standard InChI is InChI=1S/C12H14N4O/c1-16-7-8(6-15-16)5-9-3-2-4-10(11(9)13)12(14)17/h2-4,6-7H,5,13H2,1H3,(H2,14,17). The summed E-state index contributed by atoms with van der Waals surface area (Å²) in [5.41, 5.74) is 13.9. The molecule has 0 bridgehead atoms. The van der Waals surface area contributed by atoms with Crippen LogP contribution in [-0.2, 0) is 13.5 Å². The van der Waals surface area contributed by atoms with E-state index in [2.05, 4.69) is 5.10 Å². The highest BCUT2D eigenvalue weighted by molar-refractivity contribution is 5.98. The molecule has 0 spiro atoms. The molecule has 4 N–H and O–H groups in total. The molecule has 0 aliphatic carbocycles. The third-order valence-corrected chi connectivity index (χ3v) is 2.61. The molecule has 1 aromatic heterocycles. The van der Waals surface area contributed by atoms with Crippen LogP contribution in [0.2, 0.25) is 0 Å². The van der Waals surface area contributed by atoms with Gasteiger partial charge in [-0.3, -0.25) is 9.48 Å². The molecule has 0 fully saturated rings. The van der Waals surface area contributed by atoms with Crippen molar-refractivity contribution >= 4 is 11.6 Å². The number of carbonyl (C=O) groups excluding carboxylic acids is 1. The second kappa shape index (κ2) is 4.29. The summed E-state index contributed by atoms with van der Waals surface area (Å²) in [5.74, 6) is -0.504. The van der Waals surface area contributed by atoms with Crippen molar-refractivity contribution in [3.05, 3.63) is 47.3 Å². The summed E-state index contributed by atoms with van der Waals surface area (Å²) in [5, 5.41) is 4.08. The normalized spacial score (nSPS) is 10.4. The Morgan fingerprint density at radius 2 is 2.24 bits per heavy atom. The number of aromatic nitrogens is 2. The van der Waals surface area contributed by atoms with Crippen molar-refractivity contribution in [3.63, 3.8) is 0 Å². The predicted molar refractivity (Wildman–Crippen MR) is 65.4 cm³/mol. The van der Waals surface area contributed by atoms with Crippen LogP contribution in [0.5, 0.6) is 0 Å². The smallest absolute Gasteiger partial charge is 0.250 e. The van der Waals surface area contributed by atoms with Crippen molar-refractivity contribution in [3.8, 4) is 0 Å². The van der Waals surface area contributed by atoms with Gasteiger partial charge in [0, 0.05) is 25.4 Å². The van der Waals surface area contributed by atoms with E-state index >= 15 is 0 Å². The summed E-state index contributed by atoms with van der Waals surface area (Å²) < 4.78 is 1.73. The first kappa shape index (κ1) is 11.2. The van der Waals surface area contributed by atoms with Gasteiger partial charge in [-0.15, -0.1) is 0 Å². The van der Waals surface area contributed by atoms with E-state index in [1.807, 2.05) is 19.3 Å². The number of nitrogen functional groups attached to an aromatic ring is 1. The van der Waals surface area contributed by atoms with Gasteiger partial charge in [-0.25, -0.2) is 0 Å². The first-order chi connectivity index (χ1) is 8.08. The highest BCUT2D eigenvalue weighted by atomic mass is 16.1. The zero-order chi connectivity index (χ0) is 12.4. The van der Waals surface area contributed by atoms with Gasteiger partial charge in [0.1, 0.15) is 0 Å². The minimum Gasteiger partial charge on any atom is -0.398 e. The maximum absolute atomic E-state index is 11.2. The molecule has 1 heterocycles. The lowest BCUT2D eigenvalue weighted by atomic mass is 10.0. The fourth-order valence-electron chi connectivity index (χ4n) is 1.77. The number of benzene rings is 1. The number of nitrogens with zero attached hydrogens (tertiary/aromatic N) is 2. The van der Waals surface area contributed by atoms with E-state index in [0.717, 1.165) is 11.1 Å². The van der Waals surface area contributed by atoms with Crippen LogP contribution in [0.3, 0.4) is 0 Å². The van der Waals surface area contributed by atoms with E-state index in [4.69, 9.17) is 11.5 Å². The topological polar surface area (TPSA) is 86.9 Å². The van der Waals surface area contributed by atoms with Crippen LogP contribution in [0.25, 0.3) is 0 Å². The number of anilines is 1. The second-order valence-electron chi connectivity index (χ2n) is 3.94. The number of nitrogens with two attached hydrogens (primary N) is 2. The number of hydrogen-bond donors (Lipinski definition) is 2. The lowest BCUT2D eigenvalue weighted by Crippen LogP contribution is -2.14. The Morgan fingerprint density at radius 3 is 2.82 bits per heavy atom. The number of amides is 1. The molecule has 0 unspecified atom stereocenters. The van der Waals surface area contributed by atoms with Gasteiger partial charge in [-0.05, 0) is 17.2 Å². The molecule has 1 aromatic carbocycles. The fraction of sp³-hybridized carbons (Fsp3) is 0.167. The molecule has 5 nitrogen and oxygen atoms in total. The van der Waals surface area contributed by atoms with Gasteiger partial charge in [0.15, 0.2) is 0 Å². The average Bonchev–Trinajstić information content (AvgIpc) is 2.67. The maximum atomic E-state index is 11.2. The van der Waals surface area contributed by atoms with E-state index in [0.29, 0.717) is 17.7 Å². The first-order valence-electron chi connectivity index (χ1n) is 5.22. The van der Waals surface area contributed by atoms with Crippen LogP contribution in [0.4, 0.5) is 5.69 Å². The minimum atomic E-state index is -0.504. The molecule has 2 rings (SSSR count). The van der Waals surface area contributed by atoms with Gasteiger partial charge in [-0.1, -0.05) is 12.1 Å². The Bertz CT molecular complexity index is 559. The molecule has 88 valence electrons. The zero-order valence-corrected chi connectivity index (χ0v) is 9.55. The van der Waals surface area contributed by atoms with Crippen LogP contribution in [0.15, 0.2) is 30.6 Å². The molecule has 0 aliphatic heterocycles. The SMILES string of the molecule is Cn1cc(Cc2cccc(C(N)=O)c2N)cn1. The van der Waals surface area contributed by atoms with Crippen molar-refractivity contribution < 1.29 is 4.79 Å². The lowest BCUT2D eigenvalue weighted by molar-refractivity contribution is 0.100. The molecule has 5 heteroatoms. The maximum Gasteiger partial charge on any atom is 0.250 e. The van der Waals surface area contributed by atoms with Gasteiger partial charge in [0.05, 0.1) is 11.8 Å². The van der Waals surface area contributed by atoms with Crippen LogP contribution in [0.1, 0.15) is 21.5 Å². The molecular weight excluding hydrogens is 216 g/mol. The van der Waals surface area contributed by atoms with E-state index in [1.165, 1.54) is 0 Å². The molecule has 0 atom stereocenters. The van der Waals surface area contributed by atoms with Crippen molar-refractivity contribution in [1.82, 2.24) is 9.78 Å². The molecule has 2 aromatic rings. The monoisotopic (exact) mass is 230 g/mol. The number of carbonyl (C=O) groups is 1. The first-order valence-corrected chi connectivity index (χ1v) is 5.22. The number of hydrogen-bond acceptors (Lipinski definition) is 3. The fourth-order valence-corrected chi connectivity index (χ4v) is 1.77. The molecular formula is C12H14N4O. The Labute approximate surface area is 99.0 Å². The highest BCUT2D eigenvalue weighted by Crippen LogP contribution is 2.20. The summed E-state index contributed by atoms with van der Waals surface area (Å²) in [6.07, 6.45) is 4.33. The predicted octanol–water partition coefficient (Wildman–Crippen LogP) is 0.692. The van der Waals surface area contributed by atoms with Crippen LogP contribution in [0, 0.1) is 0 Å². The van der Waals surface area contributed by atoms with Crippen LogP contribution < -0.4 is 11.5 Å². The number of rotatable bonds is 3. The third-order valence-electron chi connectivity index (χ3n) is 2.61. The van der Waals surface area contributed by atoms with E-state index in [-0.39, 0.29) is 0 Å². The second-order valence-corrected chi connectivity index (χ2v) is 3.94. The van der Waals surface area contributed by atoms with Crippen LogP contribution >= 0.6 is 0 Å². The zero-order valence-electron chi connectivity index (χ0n) is 9.55. The van der Waals surface area contributed by atoms with Crippen LogP contribution in [-0.4, -0.2) is 15.7 Å². The van der Waals surface area contributed by atoms with Crippen molar-refractivity contribution in [2.24, 2.45) is 12.8 Å². The highest BCUT2D eigenvalue weighted by Gasteiger charge is 2.10. The van der Waals surface area contributed by atoms with Crippen molar-refractivity contribution in [1.29, 1.82) is 0 Å². The van der Waals surface area contributed by atoms with Crippen molar-refractivity contribution in [2.45, 2.75) is 6.42 Å². The van der Waals surface area contributed by atoms with Gasteiger partial charge in [0.2, 0.25) is 0 Å².